The number of carbonyl (C=O) groups excluding carboxylic acids is 1. The van der Waals surface area contributed by atoms with Gasteiger partial charge in [0.25, 0.3) is 5.56 Å². The van der Waals surface area contributed by atoms with Gasteiger partial charge in [0, 0.05) is 13.0 Å². The molecule has 0 aliphatic rings. The fourth-order valence-corrected chi connectivity index (χ4v) is 3.33. The highest BCUT2D eigenvalue weighted by Gasteiger charge is 2.20. The van der Waals surface area contributed by atoms with Crippen LogP contribution in [0.3, 0.4) is 0 Å². The van der Waals surface area contributed by atoms with Crippen molar-refractivity contribution in [1.82, 2.24) is 9.55 Å². The number of thiophene rings is 1. The first kappa shape index (κ1) is 16.2. The number of aromatic nitrogens is 2. The number of carboxylic acids is 1. The van der Waals surface area contributed by atoms with Crippen molar-refractivity contribution in [3.63, 3.8) is 0 Å². The molecular weight excluding hydrogens is 308 g/mol. The normalized spacial score (nSPS) is 10.9. The van der Waals surface area contributed by atoms with Gasteiger partial charge in [0.2, 0.25) is 0 Å². The minimum Gasteiger partial charge on any atom is -0.477 e. The SMILES string of the molecule is COC(=O)CCCn1c(C)nc2sc(C(=O)O)c(C)c2c1=O. The summed E-state index contributed by atoms with van der Waals surface area (Å²) in [7, 11) is 1.31. The van der Waals surface area contributed by atoms with Crippen molar-refractivity contribution in [3.8, 4) is 0 Å². The Kier molecular flexibility index (Phi) is 4.60. The van der Waals surface area contributed by atoms with E-state index in [1.165, 1.54) is 11.7 Å². The van der Waals surface area contributed by atoms with Crippen molar-refractivity contribution >= 4 is 33.5 Å². The number of aryl methyl sites for hydroxylation is 2. The number of nitrogens with zero attached hydrogens (tertiary/aromatic N) is 2. The van der Waals surface area contributed by atoms with Gasteiger partial charge in [0.1, 0.15) is 15.5 Å². The van der Waals surface area contributed by atoms with Gasteiger partial charge in [-0.15, -0.1) is 11.3 Å². The van der Waals surface area contributed by atoms with E-state index in [0.717, 1.165) is 11.3 Å². The molecule has 0 fully saturated rings. The quantitative estimate of drug-likeness (QED) is 0.841. The molecule has 1 N–H and O–H groups in total. The van der Waals surface area contributed by atoms with Gasteiger partial charge in [-0.1, -0.05) is 0 Å². The monoisotopic (exact) mass is 324 g/mol. The van der Waals surface area contributed by atoms with Gasteiger partial charge < -0.3 is 9.84 Å². The van der Waals surface area contributed by atoms with E-state index in [1.54, 1.807) is 13.8 Å². The number of rotatable bonds is 5. The minimum absolute atomic E-state index is 0.131. The van der Waals surface area contributed by atoms with Gasteiger partial charge in [-0.05, 0) is 25.8 Å². The first-order valence-corrected chi connectivity index (χ1v) is 7.49. The summed E-state index contributed by atoms with van der Waals surface area (Å²) in [6, 6.07) is 0. The van der Waals surface area contributed by atoms with Gasteiger partial charge in [-0.25, -0.2) is 9.78 Å². The third kappa shape index (κ3) is 2.87. The molecule has 0 aliphatic carbocycles. The lowest BCUT2D eigenvalue weighted by atomic mass is 10.2. The summed E-state index contributed by atoms with van der Waals surface area (Å²) in [6.07, 6.45) is 0.666. The maximum Gasteiger partial charge on any atom is 0.346 e. The molecule has 2 aromatic rings. The number of carboxylic acid groups (broad SMARTS) is 1. The highest BCUT2D eigenvalue weighted by Crippen LogP contribution is 2.27. The summed E-state index contributed by atoms with van der Waals surface area (Å²) in [5.74, 6) is -0.894. The largest absolute Gasteiger partial charge is 0.477 e. The van der Waals surface area contributed by atoms with E-state index in [9.17, 15) is 14.4 Å². The predicted octanol–water partition coefficient (Wildman–Crippen LogP) is 1.73. The van der Waals surface area contributed by atoms with E-state index >= 15 is 0 Å². The van der Waals surface area contributed by atoms with Crippen LogP contribution >= 0.6 is 11.3 Å². The van der Waals surface area contributed by atoms with Crippen LogP contribution in [-0.4, -0.2) is 33.7 Å². The molecule has 0 saturated heterocycles. The molecule has 8 heteroatoms. The van der Waals surface area contributed by atoms with Crippen LogP contribution in [0.1, 0.15) is 33.9 Å². The molecule has 0 spiro atoms. The molecule has 22 heavy (non-hydrogen) atoms. The Morgan fingerprint density at radius 2 is 2.05 bits per heavy atom. The van der Waals surface area contributed by atoms with Gasteiger partial charge >= 0.3 is 11.9 Å². The maximum atomic E-state index is 12.6. The van der Waals surface area contributed by atoms with E-state index in [-0.39, 0.29) is 22.8 Å². The molecule has 118 valence electrons. The lowest BCUT2D eigenvalue weighted by Crippen LogP contribution is -2.24. The molecule has 0 unspecified atom stereocenters. The molecule has 0 amide bonds. The minimum atomic E-state index is -1.06. The van der Waals surface area contributed by atoms with Gasteiger partial charge in [-0.3, -0.25) is 14.2 Å². The Balaban J connectivity index is 2.44. The Hall–Kier alpha value is -2.22. The van der Waals surface area contributed by atoms with E-state index in [2.05, 4.69) is 9.72 Å². The number of ether oxygens (including phenoxy) is 1. The Morgan fingerprint density at radius 3 is 2.64 bits per heavy atom. The van der Waals surface area contributed by atoms with Crippen molar-refractivity contribution in [3.05, 3.63) is 26.6 Å². The predicted molar refractivity (Wildman–Crippen MR) is 81.6 cm³/mol. The number of hydrogen-bond acceptors (Lipinski definition) is 6. The fourth-order valence-electron chi connectivity index (χ4n) is 2.27. The summed E-state index contributed by atoms with van der Waals surface area (Å²) in [5, 5.41) is 9.49. The van der Waals surface area contributed by atoms with Crippen molar-refractivity contribution in [2.24, 2.45) is 0 Å². The summed E-state index contributed by atoms with van der Waals surface area (Å²) in [4.78, 5) is 39.8. The van der Waals surface area contributed by atoms with Crippen molar-refractivity contribution in [2.75, 3.05) is 7.11 Å². The number of fused-ring (bicyclic) bond motifs is 1. The van der Waals surface area contributed by atoms with Crippen LogP contribution in [0.2, 0.25) is 0 Å². The molecule has 2 aromatic heterocycles. The second-order valence-electron chi connectivity index (χ2n) is 4.84. The van der Waals surface area contributed by atoms with E-state index < -0.39 is 5.97 Å². The van der Waals surface area contributed by atoms with Crippen molar-refractivity contribution in [1.29, 1.82) is 0 Å². The highest BCUT2D eigenvalue weighted by molar-refractivity contribution is 7.20. The third-order valence-electron chi connectivity index (χ3n) is 3.43. The number of esters is 1. The van der Waals surface area contributed by atoms with Crippen LogP contribution in [-0.2, 0) is 16.1 Å². The van der Waals surface area contributed by atoms with E-state index in [1.807, 2.05) is 0 Å². The number of hydrogen-bond donors (Lipinski definition) is 1. The summed E-state index contributed by atoms with van der Waals surface area (Å²) in [6.45, 7) is 3.63. The zero-order valence-corrected chi connectivity index (χ0v) is 13.3. The first-order chi connectivity index (χ1) is 10.4. The third-order valence-corrected chi connectivity index (χ3v) is 4.60. The van der Waals surface area contributed by atoms with E-state index in [4.69, 9.17) is 5.11 Å². The molecule has 7 nitrogen and oxygen atoms in total. The van der Waals surface area contributed by atoms with E-state index in [0.29, 0.717) is 34.6 Å². The molecule has 2 heterocycles. The van der Waals surface area contributed by atoms with Gasteiger partial charge in [0.05, 0.1) is 12.5 Å². The van der Waals surface area contributed by atoms with Crippen LogP contribution in [0, 0.1) is 13.8 Å². The lowest BCUT2D eigenvalue weighted by Gasteiger charge is -2.09. The summed E-state index contributed by atoms with van der Waals surface area (Å²) < 4.78 is 6.03. The summed E-state index contributed by atoms with van der Waals surface area (Å²) in [5.41, 5.74) is 0.167. The molecule has 0 aromatic carbocycles. The molecule has 2 rings (SSSR count). The number of carbonyl (C=O) groups is 2. The molecule has 0 bridgehead atoms. The Morgan fingerprint density at radius 1 is 1.36 bits per heavy atom. The molecular formula is C14H16N2O5S. The van der Waals surface area contributed by atoms with Crippen molar-refractivity contribution < 1.29 is 19.4 Å². The Labute approximate surface area is 130 Å². The van der Waals surface area contributed by atoms with Gasteiger partial charge in [-0.2, -0.15) is 0 Å². The molecule has 0 saturated carbocycles. The van der Waals surface area contributed by atoms with Crippen LogP contribution in [0.15, 0.2) is 4.79 Å². The fraction of sp³-hybridized carbons (Fsp3) is 0.429. The second kappa shape index (κ2) is 6.27. The zero-order chi connectivity index (χ0) is 16.4. The molecule has 0 radical (unpaired) electrons. The van der Waals surface area contributed by atoms with Crippen molar-refractivity contribution in [2.45, 2.75) is 33.2 Å². The number of methoxy groups -OCH3 is 1. The zero-order valence-electron chi connectivity index (χ0n) is 12.5. The van der Waals surface area contributed by atoms with Crippen LogP contribution < -0.4 is 5.56 Å². The lowest BCUT2D eigenvalue weighted by molar-refractivity contribution is -0.140. The molecule has 0 atom stereocenters. The maximum absolute atomic E-state index is 12.6. The molecule has 0 aliphatic heterocycles. The average Bonchev–Trinajstić information content (AvgIpc) is 2.79. The highest BCUT2D eigenvalue weighted by atomic mass is 32.1. The van der Waals surface area contributed by atoms with Crippen LogP contribution in [0.4, 0.5) is 0 Å². The average molecular weight is 324 g/mol. The smallest absolute Gasteiger partial charge is 0.346 e. The van der Waals surface area contributed by atoms with Crippen LogP contribution in [0.5, 0.6) is 0 Å². The van der Waals surface area contributed by atoms with Crippen LogP contribution in [0.25, 0.3) is 10.2 Å². The topological polar surface area (TPSA) is 98.5 Å². The Bertz CT molecular complexity index is 806. The summed E-state index contributed by atoms with van der Waals surface area (Å²) >= 11 is 1.00. The first-order valence-electron chi connectivity index (χ1n) is 6.67. The second-order valence-corrected chi connectivity index (χ2v) is 5.84. The standard InChI is InChI=1S/C14H16N2O5S/c1-7-10-12(22-11(7)14(19)20)15-8(2)16(13(10)18)6-4-5-9(17)21-3/h4-6H2,1-3H3,(H,19,20). The van der Waals surface area contributed by atoms with Gasteiger partial charge in [0.15, 0.2) is 0 Å². The number of aromatic carboxylic acids is 1.